The molecule has 0 unspecified atom stereocenters. The van der Waals surface area contributed by atoms with E-state index in [1.54, 1.807) is 4.90 Å². The average Bonchev–Trinajstić information content (AvgIpc) is 3.15. The van der Waals surface area contributed by atoms with Crippen LogP contribution < -0.4 is 10.6 Å². The van der Waals surface area contributed by atoms with E-state index in [-0.39, 0.29) is 18.4 Å². The van der Waals surface area contributed by atoms with Gasteiger partial charge in [0.1, 0.15) is 0 Å². The van der Waals surface area contributed by atoms with Gasteiger partial charge in [0, 0.05) is 24.5 Å². The quantitative estimate of drug-likeness (QED) is 0.767. The first kappa shape index (κ1) is 19.5. The number of carbonyl (C=O) groups is 2. The van der Waals surface area contributed by atoms with Gasteiger partial charge in [0.2, 0.25) is 11.8 Å². The van der Waals surface area contributed by atoms with Crippen molar-refractivity contribution in [1.29, 1.82) is 0 Å². The summed E-state index contributed by atoms with van der Waals surface area (Å²) in [4.78, 5) is 31.4. The highest BCUT2D eigenvalue weighted by Crippen LogP contribution is 2.31. The highest BCUT2D eigenvalue weighted by atomic mass is 32.1. The molecular formula is C20H26N4O2S. The molecule has 7 heteroatoms. The van der Waals surface area contributed by atoms with Gasteiger partial charge in [-0.2, -0.15) is 0 Å². The van der Waals surface area contributed by atoms with Crippen molar-refractivity contribution in [3.8, 4) is 0 Å². The lowest BCUT2D eigenvalue weighted by atomic mass is 9.97. The lowest BCUT2D eigenvalue weighted by molar-refractivity contribution is -0.132. The molecule has 0 bridgehead atoms. The number of aromatic nitrogens is 1. The minimum absolute atomic E-state index is 0.0461. The van der Waals surface area contributed by atoms with E-state index in [9.17, 15) is 9.59 Å². The van der Waals surface area contributed by atoms with Crippen molar-refractivity contribution in [2.24, 2.45) is 0 Å². The Kier molecular flexibility index (Phi) is 6.95. The number of hydrogen-bond donors (Lipinski definition) is 2. The Morgan fingerprint density at radius 2 is 2.00 bits per heavy atom. The third-order valence-corrected chi connectivity index (χ3v) is 5.88. The highest BCUT2D eigenvalue weighted by molar-refractivity contribution is 7.15. The minimum atomic E-state index is -0.204. The third kappa shape index (κ3) is 5.87. The van der Waals surface area contributed by atoms with Gasteiger partial charge in [-0.05, 0) is 43.8 Å². The smallest absolute Gasteiger partial charge is 0.245 e. The Labute approximate surface area is 164 Å². The van der Waals surface area contributed by atoms with Crippen LogP contribution in [0.15, 0.2) is 36.5 Å². The van der Waals surface area contributed by atoms with Crippen LogP contribution in [0.4, 0.5) is 5.13 Å². The Hall–Kier alpha value is -2.25. The fraction of sp³-hybridized carbons (Fsp3) is 0.450. The summed E-state index contributed by atoms with van der Waals surface area (Å²) >= 11 is 1.54. The van der Waals surface area contributed by atoms with Gasteiger partial charge in [0.25, 0.3) is 0 Å². The number of hydrogen-bond acceptors (Lipinski definition) is 5. The first-order valence-corrected chi connectivity index (χ1v) is 10.2. The van der Waals surface area contributed by atoms with Crippen molar-refractivity contribution in [1.82, 2.24) is 15.2 Å². The molecule has 2 amide bonds. The maximum atomic E-state index is 12.4. The molecule has 0 aliphatic carbocycles. The van der Waals surface area contributed by atoms with Gasteiger partial charge in [0.05, 0.1) is 6.54 Å². The van der Waals surface area contributed by atoms with E-state index in [4.69, 9.17) is 0 Å². The molecule has 0 radical (unpaired) electrons. The summed E-state index contributed by atoms with van der Waals surface area (Å²) in [5.41, 5.74) is 1.15. The second kappa shape index (κ2) is 9.62. The standard InChI is InChI=1S/C20H26N4O2S/c1-15(25)24(12-9-16-5-3-2-4-6-16)14-19(26)23-20-22-13-18(27-20)17-7-10-21-11-8-17/h2-6,13,17,21H,7-12,14H2,1H3,(H,22,23,26). The summed E-state index contributed by atoms with van der Waals surface area (Å²) in [7, 11) is 0. The zero-order chi connectivity index (χ0) is 19.1. The zero-order valence-electron chi connectivity index (χ0n) is 15.6. The maximum Gasteiger partial charge on any atom is 0.245 e. The molecule has 0 atom stereocenters. The van der Waals surface area contributed by atoms with Crippen LogP contribution in [0, 0.1) is 0 Å². The number of carbonyl (C=O) groups excluding carboxylic acids is 2. The van der Waals surface area contributed by atoms with Crippen molar-refractivity contribution in [2.45, 2.75) is 32.1 Å². The summed E-state index contributed by atoms with van der Waals surface area (Å²) in [6.07, 6.45) is 4.81. The molecule has 3 rings (SSSR count). The SMILES string of the molecule is CC(=O)N(CCc1ccccc1)CC(=O)Nc1ncc(C2CCNCC2)s1. The largest absolute Gasteiger partial charge is 0.333 e. The summed E-state index contributed by atoms with van der Waals surface area (Å²) in [6.45, 7) is 4.12. The molecule has 1 aliphatic heterocycles. The first-order chi connectivity index (χ1) is 13.1. The van der Waals surface area contributed by atoms with E-state index in [1.807, 2.05) is 36.5 Å². The average molecular weight is 387 g/mol. The van der Waals surface area contributed by atoms with E-state index in [0.29, 0.717) is 17.6 Å². The topological polar surface area (TPSA) is 74.3 Å². The lowest BCUT2D eigenvalue weighted by Gasteiger charge is -2.21. The van der Waals surface area contributed by atoms with Crippen LogP contribution in [0.2, 0.25) is 0 Å². The Bertz CT molecular complexity index is 756. The van der Waals surface area contributed by atoms with Crippen molar-refractivity contribution in [3.63, 3.8) is 0 Å². The summed E-state index contributed by atoms with van der Waals surface area (Å²) in [5.74, 6) is 0.217. The molecule has 1 aromatic heterocycles. The number of nitrogens with one attached hydrogen (secondary N) is 2. The van der Waals surface area contributed by atoms with Gasteiger partial charge in [-0.15, -0.1) is 11.3 Å². The summed E-state index contributed by atoms with van der Waals surface area (Å²) < 4.78 is 0. The molecule has 0 saturated carbocycles. The van der Waals surface area contributed by atoms with Crippen LogP contribution in [-0.4, -0.2) is 47.9 Å². The molecule has 0 spiro atoms. The van der Waals surface area contributed by atoms with Crippen LogP contribution >= 0.6 is 11.3 Å². The molecular weight excluding hydrogens is 360 g/mol. The third-order valence-electron chi connectivity index (χ3n) is 4.80. The van der Waals surface area contributed by atoms with Crippen LogP contribution in [-0.2, 0) is 16.0 Å². The van der Waals surface area contributed by atoms with E-state index >= 15 is 0 Å². The van der Waals surface area contributed by atoms with E-state index in [0.717, 1.165) is 37.9 Å². The van der Waals surface area contributed by atoms with Crippen LogP contribution in [0.1, 0.15) is 36.1 Å². The molecule has 1 aliphatic rings. The number of piperidine rings is 1. The molecule has 1 fully saturated rings. The lowest BCUT2D eigenvalue weighted by Crippen LogP contribution is -2.37. The normalized spacial score (nSPS) is 14.7. The van der Waals surface area contributed by atoms with Gasteiger partial charge in [-0.1, -0.05) is 30.3 Å². The predicted octanol–water partition coefficient (Wildman–Crippen LogP) is 2.64. The number of rotatable bonds is 7. The van der Waals surface area contributed by atoms with Crippen molar-refractivity contribution < 1.29 is 9.59 Å². The predicted molar refractivity (Wildman–Crippen MR) is 108 cm³/mol. The van der Waals surface area contributed by atoms with Crippen LogP contribution in [0.3, 0.4) is 0 Å². The van der Waals surface area contributed by atoms with Crippen LogP contribution in [0.5, 0.6) is 0 Å². The van der Waals surface area contributed by atoms with Crippen molar-refractivity contribution in [2.75, 3.05) is 31.5 Å². The van der Waals surface area contributed by atoms with E-state index in [2.05, 4.69) is 15.6 Å². The number of anilines is 1. The van der Waals surface area contributed by atoms with Gasteiger partial charge in [-0.3, -0.25) is 9.59 Å². The van der Waals surface area contributed by atoms with Gasteiger partial charge in [-0.25, -0.2) is 4.98 Å². The fourth-order valence-corrected chi connectivity index (χ4v) is 4.23. The second-order valence-corrected chi connectivity index (χ2v) is 7.88. The van der Waals surface area contributed by atoms with Gasteiger partial charge in [0.15, 0.2) is 5.13 Å². The monoisotopic (exact) mass is 386 g/mol. The summed E-state index contributed by atoms with van der Waals surface area (Å²) in [5, 5.41) is 6.81. The van der Waals surface area contributed by atoms with Crippen molar-refractivity contribution >= 4 is 28.3 Å². The molecule has 27 heavy (non-hydrogen) atoms. The first-order valence-electron chi connectivity index (χ1n) is 9.37. The molecule has 6 nitrogen and oxygen atoms in total. The zero-order valence-corrected chi connectivity index (χ0v) is 16.4. The number of thiazole rings is 1. The van der Waals surface area contributed by atoms with Gasteiger partial charge >= 0.3 is 0 Å². The molecule has 144 valence electrons. The molecule has 2 N–H and O–H groups in total. The molecule has 2 heterocycles. The Morgan fingerprint density at radius 1 is 1.26 bits per heavy atom. The maximum absolute atomic E-state index is 12.4. The van der Waals surface area contributed by atoms with Crippen LogP contribution in [0.25, 0.3) is 0 Å². The summed E-state index contributed by atoms with van der Waals surface area (Å²) in [6, 6.07) is 9.96. The Morgan fingerprint density at radius 3 is 2.70 bits per heavy atom. The molecule has 1 aromatic carbocycles. The highest BCUT2D eigenvalue weighted by Gasteiger charge is 2.19. The van der Waals surface area contributed by atoms with Crippen molar-refractivity contribution in [3.05, 3.63) is 47.0 Å². The number of nitrogens with zero attached hydrogens (tertiary/aromatic N) is 2. The molecule has 2 aromatic rings. The Balaban J connectivity index is 1.51. The minimum Gasteiger partial charge on any atom is -0.333 e. The molecule has 1 saturated heterocycles. The second-order valence-electron chi connectivity index (χ2n) is 6.82. The number of amides is 2. The van der Waals surface area contributed by atoms with E-state index in [1.165, 1.54) is 23.1 Å². The van der Waals surface area contributed by atoms with Gasteiger partial charge < -0.3 is 15.5 Å². The van der Waals surface area contributed by atoms with E-state index < -0.39 is 0 Å². The fourth-order valence-electron chi connectivity index (χ4n) is 3.23. The number of benzene rings is 1.